The van der Waals surface area contributed by atoms with Crippen LogP contribution in [0.5, 0.6) is 0 Å². The molecule has 1 saturated heterocycles. The second kappa shape index (κ2) is 15.3. The number of ether oxygens (including phenoxy) is 2. The van der Waals surface area contributed by atoms with Gasteiger partial charge in [0.05, 0.1) is 18.4 Å². The zero-order chi connectivity index (χ0) is 31.7. The number of sulfonamides is 1. The summed E-state index contributed by atoms with van der Waals surface area (Å²) in [5.74, 6) is -0.977. The number of piperidine rings is 1. The minimum Gasteiger partial charge on any atom is -0.453 e. The molecule has 240 valence electrons. The van der Waals surface area contributed by atoms with Crippen molar-refractivity contribution >= 4 is 44.7 Å². The van der Waals surface area contributed by atoms with Crippen LogP contribution >= 0.6 is 0 Å². The molecule has 0 bridgehead atoms. The first-order chi connectivity index (χ1) is 21.1. The first-order valence-corrected chi connectivity index (χ1v) is 16.3. The van der Waals surface area contributed by atoms with Crippen LogP contribution in [-0.4, -0.2) is 101 Å². The van der Waals surface area contributed by atoms with Crippen LogP contribution < -0.4 is 15.4 Å². The molecule has 0 radical (unpaired) electrons. The molecule has 1 aliphatic carbocycles. The maximum atomic E-state index is 13.8. The zero-order valence-corrected chi connectivity index (χ0v) is 26.0. The number of guanidine groups is 1. The molecular formula is C30H42N6O7S. The molecule has 4 rings (SSSR count). The van der Waals surface area contributed by atoms with Gasteiger partial charge in [-0.1, -0.05) is 30.3 Å². The number of carbonyl (C=O) groups excluding carboxylic acids is 3. The van der Waals surface area contributed by atoms with E-state index in [2.05, 4.69) is 20.1 Å². The molecule has 1 saturated carbocycles. The molecule has 0 unspecified atom stereocenters. The average Bonchev–Trinajstić information content (AvgIpc) is 3.86. The summed E-state index contributed by atoms with van der Waals surface area (Å²) >= 11 is 0. The van der Waals surface area contributed by atoms with Gasteiger partial charge in [-0.25, -0.2) is 13.2 Å². The number of carbonyl (C=O) groups is 3. The summed E-state index contributed by atoms with van der Waals surface area (Å²) in [4.78, 5) is 41.9. The van der Waals surface area contributed by atoms with E-state index in [4.69, 9.17) is 10.1 Å². The van der Waals surface area contributed by atoms with E-state index in [1.807, 2.05) is 24.3 Å². The molecule has 2 aromatic carbocycles. The van der Waals surface area contributed by atoms with Gasteiger partial charge in [0.25, 0.3) is 0 Å². The highest BCUT2D eigenvalue weighted by Gasteiger charge is 2.38. The highest BCUT2D eigenvalue weighted by atomic mass is 32.2. The summed E-state index contributed by atoms with van der Waals surface area (Å²) < 4.78 is 39.3. The molecular weight excluding hydrogens is 588 g/mol. The predicted octanol–water partition coefficient (Wildman–Crippen LogP) is 2.02. The molecule has 0 aromatic heterocycles. The summed E-state index contributed by atoms with van der Waals surface area (Å²) in [5, 5.41) is 15.0. The number of nitrogens with one attached hydrogen (secondary N) is 4. The maximum absolute atomic E-state index is 13.8. The smallest absolute Gasteiger partial charge is 0.413 e. The number of alkyl carbamates (subject to hydrolysis) is 1. The fraction of sp³-hybridized carbons (Fsp3) is 0.533. The first-order valence-electron chi connectivity index (χ1n) is 14.9. The molecule has 44 heavy (non-hydrogen) atoms. The lowest BCUT2D eigenvalue weighted by Gasteiger charge is -2.34. The van der Waals surface area contributed by atoms with Gasteiger partial charge in [0, 0.05) is 45.9 Å². The number of methoxy groups -OCH3 is 2. The zero-order valence-electron chi connectivity index (χ0n) is 25.2. The van der Waals surface area contributed by atoms with Crippen LogP contribution in [0.3, 0.4) is 0 Å². The molecule has 3 amide bonds. The maximum Gasteiger partial charge on any atom is 0.413 e. The van der Waals surface area contributed by atoms with Crippen molar-refractivity contribution in [3.63, 3.8) is 0 Å². The van der Waals surface area contributed by atoms with Crippen molar-refractivity contribution in [2.24, 2.45) is 5.92 Å². The summed E-state index contributed by atoms with van der Waals surface area (Å²) in [6.45, 7) is 2.15. The number of benzene rings is 2. The molecule has 2 aromatic rings. The van der Waals surface area contributed by atoms with Gasteiger partial charge < -0.3 is 24.6 Å². The van der Waals surface area contributed by atoms with Crippen molar-refractivity contribution in [1.29, 1.82) is 5.41 Å². The van der Waals surface area contributed by atoms with Gasteiger partial charge in [-0.05, 0) is 60.9 Å². The van der Waals surface area contributed by atoms with Crippen molar-refractivity contribution in [2.75, 3.05) is 47.0 Å². The number of hydrogen-bond donors (Lipinski definition) is 4. The Hall–Kier alpha value is -3.75. The summed E-state index contributed by atoms with van der Waals surface area (Å²) in [5.41, 5.74) is 0. The standard InChI is InChI=1S/C30H42N6O7S/c1-42-16-6-15-36(24-11-12-24)28(38)26(34-44(40,41)25-13-10-22-8-3-4-9-23(22)17-25)18-27(37)32-19-21-7-5-14-35(20-21)29(31)33-30(39)43-2/h3-4,8-10,13,17,21,24,26,34H,5-7,11-12,14-16,18-20H2,1-2H3,(H,32,37)(H2,31,33,39)/t21-,26-/m0/s1. The fourth-order valence-electron chi connectivity index (χ4n) is 5.38. The van der Waals surface area contributed by atoms with Crippen LogP contribution in [-0.2, 0) is 29.1 Å². The van der Waals surface area contributed by atoms with E-state index in [-0.39, 0.29) is 35.8 Å². The summed E-state index contributed by atoms with van der Waals surface area (Å²) in [6, 6.07) is 10.9. The molecule has 2 fully saturated rings. The minimum absolute atomic E-state index is 0.00653. The molecule has 4 N–H and O–H groups in total. The molecule has 0 spiro atoms. The Morgan fingerprint density at radius 1 is 1.09 bits per heavy atom. The van der Waals surface area contributed by atoms with Crippen LogP contribution in [0.25, 0.3) is 10.8 Å². The molecule has 13 nitrogen and oxygen atoms in total. The summed E-state index contributed by atoms with van der Waals surface area (Å²) in [6.07, 6.45) is 2.71. The van der Waals surface area contributed by atoms with Crippen LogP contribution in [0.15, 0.2) is 47.4 Å². The Labute approximate surface area is 258 Å². The van der Waals surface area contributed by atoms with E-state index >= 15 is 0 Å². The number of hydrogen-bond acceptors (Lipinski definition) is 8. The lowest BCUT2D eigenvalue weighted by Crippen LogP contribution is -2.52. The van der Waals surface area contributed by atoms with E-state index in [1.165, 1.54) is 13.2 Å². The Morgan fingerprint density at radius 2 is 1.84 bits per heavy atom. The van der Waals surface area contributed by atoms with Crippen molar-refractivity contribution in [2.45, 2.75) is 55.5 Å². The molecule has 1 heterocycles. The van der Waals surface area contributed by atoms with Crippen LogP contribution in [0, 0.1) is 11.3 Å². The normalized spacial score (nSPS) is 17.5. The number of amides is 3. The number of nitrogens with zero attached hydrogens (tertiary/aromatic N) is 2. The molecule has 1 aliphatic heterocycles. The van der Waals surface area contributed by atoms with Crippen molar-refractivity contribution in [1.82, 2.24) is 25.2 Å². The van der Waals surface area contributed by atoms with Gasteiger partial charge in [0.1, 0.15) is 6.04 Å². The van der Waals surface area contributed by atoms with Gasteiger partial charge in [0.15, 0.2) is 0 Å². The van der Waals surface area contributed by atoms with Crippen LogP contribution in [0.1, 0.15) is 38.5 Å². The average molecular weight is 631 g/mol. The van der Waals surface area contributed by atoms with Crippen LogP contribution in [0.4, 0.5) is 4.79 Å². The Kier molecular flexibility index (Phi) is 11.5. The first kappa shape index (κ1) is 33.1. The second-order valence-electron chi connectivity index (χ2n) is 11.2. The van der Waals surface area contributed by atoms with E-state index in [0.717, 1.165) is 36.5 Å². The van der Waals surface area contributed by atoms with E-state index in [0.29, 0.717) is 32.7 Å². The summed E-state index contributed by atoms with van der Waals surface area (Å²) in [7, 11) is -1.34. The van der Waals surface area contributed by atoms with Gasteiger partial charge in [-0.15, -0.1) is 0 Å². The van der Waals surface area contributed by atoms with Crippen LogP contribution in [0.2, 0.25) is 0 Å². The minimum atomic E-state index is -4.15. The Morgan fingerprint density at radius 3 is 2.55 bits per heavy atom. The van der Waals surface area contributed by atoms with E-state index in [1.54, 1.807) is 29.0 Å². The fourth-order valence-corrected chi connectivity index (χ4v) is 6.61. The van der Waals surface area contributed by atoms with E-state index in [9.17, 15) is 22.8 Å². The van der Waals surface area contributed by atoms with Gasteiger partial charge in [-0.2, -0.15) is 4.72 Å². The third-order valence-corrected chi connectivity index (χ3v) is 9.33. The van der Waals surface area contributed by atoms with Crippen molar-refractivity contribution in [3.8, 4) is 0 Å². The van der Waals surface area contributed by atoms with Crippen molar-refractivity contribution < 1.29 is 32.3 Å². The van der Waals surface area contributed by atoms with Gasteiger partial charge in [-0.3, -0.25) is 20.3 Å². The number of fused-ring (bicyclic) bond motifs is 1. The predicted molar refractivity (Wildman–Crippen MR) is 164 cm³/mol. The van der Waals surface area contributed by atoms with Gasteiger partial charge in [0.2, 0.25) is 27.8 Å². The second-order valence-corrected chi connectivity index (χ2v) is 12.9. The molecule has 14 heteroatoms. The molecule has 2 atom stereocenters. The quantitative estimate of drug-likeness (QED) is 0.148. The van der Waals surface area contributed by atoms with Gasteiger partial charge >= 0.3 is 6.09 Å². The number of likely N-dealkylation sites (tertiary alicyclic amines) is 1. The molecule has 2 aliphatic rings. The number of rotatable bonds is 13. The van der Waals surface area contributed by atoms with E-state index < -0.39 is 34.0 Å². The Balaban J connectivity index is 1.45. The largest absolute Gasteiger partial charge is 0.453 e. The monoisotopic (exact) mass is 630 g/mol. The SMILES string of the molecule is COCCCN(C(=O)[C@H](CC(=O)NC[C@@H]1CCCN(C(=N)NC(=O)OC)C1)NS(=O)(=O)c1ccc2ccccc2c1)C1CC1. The lowest BCUT2D eigenvalue weighted by atomic mass is 9.98. The lowest BCUT2D eigenvalue weighted by molar-refractivity contribution is -0.136. The highest BCUT2D eigenvalue weighted by molar-refractivity contribution is 7.89. The third kappa shape index (κ3) is 9.13. The topological polar surface area (TPSA) is 170 Å². The highest BCUT2D eigenvalue weighted by Crippen LogP contribution is 2.28. The Bertz CT molecular complexity index is 1450. The van der Waals surface area contributed by atoms with Crippen molar-refractivity contribution in [3.05, 3.63) is 42.5 Å². The third-order valence-electron chi connectivity index (χ3n) is 7.86.